The predicted molar refractivity (Wildman–Crippen MR) is 132 cm³/mol. The molecule has 0 radical (unpaired) electrons. The number of anilines is 1. The first-order valence-corrected chi connectivity index (χ1v) is 12.1. The number of nitrogens with one attached hydrogen (secondary N) is 3. The van der Waals surface area contributed by atoms with Crippen molar-refractivity contribution in [2.45, 2.75) is 11.3 Å². The van der Waals surface area contributed by atoms with Gasteiger partial charge in [0.25, 0.3) is 15.9 Å². The molecule has 172 valence electrons. The van der Waals surface area contributed by atoms with Crippen LogP contribution in [0.4, 0.5) is 5.69 Å². The Balaban J connectivity index is 1.42. The minimum absolute atomic E-state index is 0.0625. The highest BCUT2D eigenvalue weighted by Gasteiger charge is 2.18. The van der Waals surface area contributed by atoms with E-state index in [4.69, 9.17) is 11.6 Å². The normalized spacial score (nSPS) is 11.1. The highest BCUT2D eigenvalue weighted by molar-refractivity contribution is 7.92. The maximum absolute atomic E-state index is 12.7. The van der Waals surface area contributed by atoms with E-state index >= 15 is 0 Å². The lowest BCUT2D eigenvalue weighted by Gasteiger charge is -2.11. The first-order valence-electron chi connectivity index (χ1n) is 10.3. The van der Waals surface area contributed by atoms with Crippen LogP contribution in [0.3, 0.4) is 0 Å². The van der Waals surface area contributed by atoms with Crippen molar-refractivity contribution in [2.24, 2.45) is 0 Å². The summed E-state index contributed by atoms with van der Waals surface area (Å²) in [5, 5.41) is 2.21. The summed E-state index contributed by atoms with van der Waals surface area (Å²) in [6.45, 7) is 0. The largest absolute Gasteiger partial charge is 0.278 e. The topological polar surface area (TPSA) is 104 Å². The molecule has 0 aliphatic rings. The molecule has 0 aliphatic heterocycles. The van der Waals surface area contributed by atoms with Gasteiger partial charge in [0.1, 0.15) is 0 Å². The van der Waals surface area contributed by atoms with Gasteiger partial charge in [0.15, 0.2) is 0 Å². The molecule has 0 saturated carbocycles. The first kappa shape index (κ1) is 23.3. The SMILES string of the molecule is O=C(Cc1cccc2ccccc12)NNC(=O)c1cccc(S(=O)(=O)Nc2ccccc2Cl)c1. The van der Waals surface area contributed by atoms with Gasteiger partial charge in [-0.3, -0.25) is 25.2 Å². The molecule has 34 heavy (non-hydrogen) atoms. The van der Waals surface area contributed by atoms with Crippen molar-refractivity contribution in [1.82, 2.24) is 10.9 Å². The van der Waals surface area contributed by atoms with Gasteiger partial charge < -0.3 is 0 Å². The van der Waals surface area contributed by atoms with Crippen LogP contribution in [0.5, 0.6) is 0 Å². The van der Waals surface area contributed by atoms with Crippen LogP contribution >= 0.6 is 11.6 Å². The summed E-state index contributed by atoms with van der Waals surface area (Å²) in [7, 11) is -3.99. The maximum Gasteiger partial charge on any atom is 0.269 e. The Labute approximate surface area is 201 Å². The summed E-state index contributed by atoms with van der Waals surface area (Å²) in [5.41, 5.74) is 5.82. The highest BCUT2D eigenvalue weighted by atomic mass is 35.5. The van der Waals surface area contributed by atoms with Crippen LogP contribution in [0.2, 0.25) is 5.02 Å². The second-order valence-electron chi connectivity index (χ2n) is 7.43. The van der Waals surface area contributed by atoms with Crippen molar-refractivity contribution in [3.8, 4) is 0 Å². The number of para-hydroxylation sites is 1. The van der Waals surface area contributed by atoms with Gasteiger partial charge in [-0.25, -0.2) is 8.42 Å². The summed E-state index contributed by atoms with van der Waals surface area (Å²) in [6, 6.07) is 25.3. The molecule has 3 N–H and O–H groups in total. The van der Waals surface area contributed by atoms with E-state index < -0.39 is 21.8 Å². The van der Waals surface area contributed by atoms with E-state index in [1.54, 1.807) is 18.2 Å². The van der Waals surface area contributed by atoms with Gasteiger partial charge in [0.05, 0.1) is 22.0 Å². The van der Waals surface area contributed by atoms with Crippen LogP contribution in [0.1, 0.15) is 15.9 Å². The Morgan fingerprint density at radius 1 is 0.794 bits per heavy atom. The second kappa shape index (κ2) is 9.94. The lowest BCUT2D eigenvalue weighted by atomic mass is 10.0. The second-order valence-corrected chi connectivity index (χ2v) is 9.52. The van der Waals surface area contributed by atoms with Crippen molar-refractivity contribution in [1.29, 1.82) is 0 Å². The van der Waals surface area contributed by atoms with Gasteiger partial charge in [0.2, 0.25) is 5.91 Å². The number of fused-ring (bicyclic) bond motifs is 1. The molecule has 0 unspecified atom stereocenters. The number of carbonyl (C=O) groups is 2. The number of carbonyl (C=O) groups excluding carboxylic acids is 2. The van der Waals surface area contributed by atoms with E-state index in [0.717, 1.165) is 16.3 Å². The van der Waals surface area contributed by atoms with E-state index in [1.165, 1.54) is 30.3 Å². The molecule has 0 fully saturated rings. The number of sulfonamides is 1. The van der Waals surface area contributed by atoms with Crippen molar-refractivity contribution in [2.75, 3.05) is 4.72 Å². The molecule has 7 nitrogen and oxygen atoms in total. The fraction of sp³-hybridized carbons (Fsp3) is 0.0400. The van der Waals surface area contributed by atoms with E-state index in [0.29, 0.717) is 0 Å². The number of hydrazine groups is 1. The standard InChI is InChI=1S/C25H20ClN3O4S/c26-22-13-3-4-14-23(22)29-34(32,33)20-11-6-10-19(15-20)25(31)28-27-24(30)16-18-9-5-8-17-7-1-2-12-21(17)18/h1-15,29H,16H2,(H,27,30)(H,28,31). The number of hydrogen-bond acceptors (Lipinski definition) is 4. The number of hydrogen-bond donors (Lipinski definition) is 3. The quantitative estimate of drug-likeness (QED) is 0.348. The fourth-order valence-electron chi connectivity index (χ4n) is 3.41. The van der Waals surface area contributed by atoms with Crippen LogP contribution in [0.15, 0.2) is 95.9 Å². The number of rotatable bonds is 6. The number of benzene rings is 4. The molecule has 0 aromatic heterocycles. The lowest BCUT2D eigenvalue weighted by molar-refractivity contribution is -0.121. The van der Waals surface area contributed by atoms with Crippen LogP contribution in [0.25, 0.3) is 10.8 Å². The van der Waals surface area contributed by atoms with E-state index in [9.17, 15) is 18.0 Å². The third-order valence-corrected chi connectivity index (χ3v) is 6.76. The Bertz CT molecular complexity index is 1480. The Kier molecular flexibility index (Phi) is 6.81. The van der Waals surface area contributed by atoms with Crippen molar-refractivity contribution in [3.05, 3.63) is 107 Å². The van der Waals surface area contributed by atoms with Crippen LogP contribution < -0.4 is 15.6 Å². The van der Waals surface area contributed by atoms with Gasteiger partial charge in [-0.1, -0.05) is 72.3 Å². The molecule has 4 aromatic carbocycles. The third kappa shape index (κ3) is 5.36. The van der Waals surface area contributed by atoms with Crippen molar-refractivity contribution >= 4 is 49.9 Å². The average Bonchev–Trinajstić information content (AvgIpc) is 2.84. The molecule has 9 heteroatoms. The first-order chi connectivity index (χ1) is 16.3. The Morgan fingerprint density at radius 3 is 2.32 bits per heavy atom. The van der Waals surface area contributed by atoms with Gasteiger partial charge in [-0.2, -0.15) is 0 Å². The van der Waals surface area contributed by atoms with Gasteiger partial charge in [-0.05, 0) is 46.7 Å². The fourth-order valence-corrected chi connectivity index (χ4v) is 4.78. The van der Waals surface area contributed by atoms with E-state index in [-0.39, 0.29) is 27.6 Å². The molecule has 0 atom stereocenters. The summed E-state index contributed by atoms with van der Waals surface area (Å²) < 4.78 is 27.9. The molecule has 0 saturated heterocycles. The van der Waals surface area contributed by atoms with Gasteiger partial charge in [-0.15, -0.1) is 0 Å². The highest BCUT2D eigenvalue weighted by Crippen LogP contribution is 2.24. The number of amides is 2. The molecule has 4 rings (SSSR count). The summed E-state index contributed by atoms with van der Waals surface area (Å²) in [5.74, 6) is -1.06. The zero-order chi connectivity index (χ0) is 24.1. The van der Waals surface area contributed by atoms with E-state index in [2.05, 4.69) is 15.6 Å². The lowest BCUT2D eigenvalue weighted by Crippen LogP contribution is -2.42. The molecule has 2 amide bonds. The average molecular weight is 494 g/mol. The molecule has 0 heterocycles. The third-order valence-electron chi connectivity index (χ3n) is 5.07. The van der Waals surface area contributed by atoms with Crippen LogP contribution in [0, 0.1) is 0 Å². The van der Waals surface area contributed by atoms with E-state index in [1.807, 2.05) is 42.5 Å². The zero-order valence-corrected chi connectivity index (χ0v) is 19.4. The molecule has 4 aromatic rings. The summed E-state index contributed by atoms with van der Waals surface area (Å²) in [4.78, 5) is 24.8. The van der Waals surface area contributed by atoms with Crippen molar-refractivity contribution < 1.29 is 18.0 Å². The minimum atomic E-state index is -3.99. The Hall–Kier alpha value is -3.88. The molecule has 0 spiro atoms. The molecular formula is C25H20ClN3O4S. The van der Waals surface area contributed by atoms with Gasteiger partial charge >= 0.3 is 0 Å². The Morgan fingerprint density at radius 2 is 1.50 bits per heavy atom. The predicted octanol–water partition coefficient (Wildman–Crippen LogP) is 4.30. The van der Waals surface area contributed by atoms with Gasteiger partial charge in [0, 0.05) is 5.56 Å². The minimum Gasteiger partial charge on any atom is -0.278 e. The summed E-state index contributed by atoms with van der Waals surface area (Å²) in [6.07, 6.45) is 0.0673. The van der Waals surface area contributed by atoms with Crippen molar-refractivity contribution in [3.63, 3.8) is 0 Å². The van der Waals surface area contributed by atoms with Crippen LogP contribution in [-0.2, 0) is 21.2 Å². The molecule has 0 bridgehead atoms. The van der Waals surface area contributed by atoms with Crippen LogP contribution in [-0.4, -0.2) is 20.2 Å². The monoisotopic (exact) mass is 493 g/mol. The molecule has 0 aliphatic carbocycles. The molecular weight excluding hydrogens is 474 g/mol. The smallest absolute Gasteiger partial charge is 0.269 e. The maximum atomic E-state index is 12.7. The number of halogens is 1. The summed E-state index contributed by atoms with van der Waals surface area (Å²) >= 11 is 6.03. The zero-order valence-electron chi connectivity index (χ0n) is 17.8.